The van der Waals surface area contributed by atoms with Crippen LogP contribution in [0, 0.1) is 15.9 Å². The predicted octanol–water partition coefficient (Wildman–Crippen LogP) is 2.15. The number of hydrogen-bond acceptors (Lipinski definition) is 6. The molecule has 138 valence electrons. The summed E-state index contributed by atoms with van der Waals surface area (Å²) >= 11 is 0. The first-order valence-corrected chi connectivity index (χ1v) is 7.91. The summed E-state index contributed by atoms with van der Waals surface area (Å²) < 4.78 is 19.6. The van der Waals surface area contributed by atoms with E-state index in [2.05, 4.69) is 0 Å². The van der Waals surface area contributed by atoms with Crippen molar-refractivity contribution in [3.63, 3.8) is 0 Å². The number of nitrogens with zero attached hydrogens (tertiary/aromatic N) is 3. The first kappa shape index (κ1) is 18.9. The van der Waals surface area contributed by atoms with E-state index >= 15 is 0 Å². The van der Waals surface area contributed by atoms with Gasteiger partial charge in [0.1, 0.15) is 5.60 Å². The molecule has 0 spiro atoms. The number of non-ortho nitro benzene ring substituents is 1. The Labute approximate surface area is 144 Å². The topological polar surface area (TPSA) is 96.2 Å². The highest BCUT2D eigenvalue weighted by molar-refractivity contribution is 5.69. The second-order valence-electron chi connectivity index (χ2n) is 6.85. The minimum atomic E-state index is -0.738. The Kier molecular flexibility index (Phi) is 5.46. The molecule has 1 N–H and O–H groups in total. The molecule has 0 aromatic heterocycles. The van der Waals surface area contributed by atoms with Crippen LogP contribution in [0.25, 0.3) is 0 Å². The van der Waals surface area contributed by atoms with Gasteiger partial charge in [0.05, 0.1) is 29.3 Å². The molecule has 1 atom stereocenters. The van der Waals surface area contributed by atoms with Crippen molar-refractivity contribution in [1.82, 2.24) is 4.90 Å². The van der Waals surface area contributed by atoms with Gasteiger partial charge in [-0.05, 0) is 26.8 Å². The quantitative estimate of drug-likeness (QED) is 0.659. The number of nitro groups is 1. The maximum atomic E-state index is 14.2. The van der Waals surface area contributed by atoms with Crippen LogP contribution in [0.3, 0.4) is 0 Å². The Balaban J connectivity index is 2.15. The Bertz CT molecular complexity index is 662. The van der Waals surface area contributed by atoms with Crippen LogP contribution in [0.2, 0.25) is 0 Å². The van der Waals surface area contributed by atoms with Crippen LogP contribution < -0.4 is 4.90 Å². The lowest BCUT2D eigenvalue weighted by atomic mass is 10.1. The van der Waals surface area contributed by atoms with E-state index in [1.165, 1.54) is 17.0 Å². The molecule has 1 heterocycles. The van der Waals surface area contributed by atoms with E-state index in [0.29, 0.717) is 6.54 Å². The van der Waals surface area contributed by atoms with E-state index in [0.717, 1.165) is 6.07 Å². The molecule has 1 amide bonds. The maximum Gasteiger partial charge on any atom is 0.410 e. The van der Waals surface area contributed by atoms with Gasteiger partial charge in [0.15, 0.2) is 5.82 Å². The number of halogens is 1. The summed E-state index contributed by atoms with van der Waals surface area (Å²) in [6, 6.07) is 2.85. The third-order valence-corrected chi connectivity index (χ3v) is 3.80. The smallest absolute Gasteiger partial charge is 0.410 e. The largest absolute Gasteiger partial charge is 0.444 e. The number of carbonyl (C=O) groups excluding carboxylic acids is 1. The summed E-state index contributed by atoms with van der Waals surface area (Å²) in [5, 5.41) is 20.4. The number of benzene rings is 1. The number of piperazine rings is 1. The Morgan fingerprint density at radius 3 is 2.64 bits per heavy atom. The van der Waals surface area contributed by atoms with Crippen molar-refractivity contribution >= 4 is 17.5 Å². The zero-order valence-corrected chi connectivity index (χ0v) is 14.4. The van der Waals surface area contributed by atoms with Crippen LogP contribution in [0.15, 0.2) is 18.2 Å². The standard InChI is InChI=1S/C16H22FN3O5/c1-16(2,3)25-15(22)18-6-7-19(12(9-18)10-21)14-5-4-11(20(23)24)8-13(14)17/h4-5,8,12,21H,6-7,9-10H2,1-3H3/t12-/m0/s1. The van der Waals surface area contributed by atoms with Crippen LogP contribution in [0.1, 0.15) is 20.8 Å². The van der Waals surface area contributed by atoms with Crippen molar-refractivity contribution < 1.29 is 24.0 Å². The fraction of sp³-hybridized carbons (Fsp3) is 0.562. The van der Waals surface area contributed by atoms with Gasteiger partial charge in [-0.25, -0.2) is 9.18 Å². The average molecular weight is 355 g/mol. The molecule has 1 aliphatic rings. The molecule has 0 unspecified atom stereocenters. The van der Waals surface area contributed by atoms with Gasteiger partial charge in [0.2, 0.25) is 0 Å². The molecule has 9 heteroatoms. The van der Waals surface area contributed by atoms with Crippen molar-refractivity contribution in [3.8, 4) is 0 Å². The molecular weight excluding hydrogens is 333 g/mol. The molecule has 8 nitrogen and oxygen atoms in total. The number of anilines is 1. The third-order valence-electron chi connectivity index (χ3n) is 3.80. The minimum absolute atomic E-state index is 0.161. The highest BCUT2D eigenvalue weighted by atomic mass is 19.1. The van der Waals surface area contributed by atoms with Crippen molar-refractivity contribution in [2.75, 3.05) is 31.1 Å². The van der Waals surface area contributed by atoms with Crippen LogP contribution in [0.5, 0.6) is 0 Å². The number of nitro benzene ring substituents is 1. The SMILES string of the molecule is CC(C)(C)OC(=O)N1CCN(c2ccc([N+](=O)[O-])cc2F)[C@H](CO)C1. The van der Waals surface area contributed by atoms with Crippen molar-refractivity contribution in [2.45, 2.75) is 32.4 Å². The van der Waals surface area contributed by atoms with E-state index in [-0.39, 0.29) is 31.1 Å². The number of aliphatic hydroxyl groups excluding tert-OH is 1. The Morgan fingerprint density at radius 2 is 2.12 bits per heavy atom. The highest BCUT2D eigenvalue weighted by Crippen LogP contribution is 2.27. The molecule has 0 radical (unpaired) electrons. The molecular formula is C16H22FN3O5. The van der Waals surface area contributed by atoms with Gasteiger partial charge in [-0.3, -0.25) is 10.1 Å². The fourth-order valence-corrected chi connectivity index (χ4v) is 2.66. The molecule has 1 fully saturated rings. The van der Waals surface area contributed by atoms with Gasteiger partial charge in [-0.1, -0.05) is 0 Å². The van der Waals surface area contributed by atoms with Crippen LogP contribution in [-0.2, 0) is 4.74 Å². The zero-order valence-electron chi connectivity index (χ0n) is 14.4. The highest BCUT2D eigenvalue weighted by Gasteiger charge is 2.33. The number of hydrogen-bond donors (Lipinski definition) is 1. The van der Waals surface area contributed by atoms with E-state index in [1.54, 1.807) is 25.7 Å². The average Bonchev–Trinajstić information content (AvgIpc) is 2.52. The summed E-state index contributed by atoms with van der Waals surface area (Å²) in [5.41, 5.74) is -0.810. The molecule has 2 rings (SSSR count). The third kappa shape index (κ3) is 4.56. The number of aliphatic hydroxyl groups is 1. The number of rotatable bonds is 3. The first-order chi connectivity index (χ1) is 11.6. The lowest BCUT2D eigenvalue weighted by Crippen LogP contribution is -2.57. The molecule has 1 aliphatic heterocycles. The molecule has 0 bridgehead atoms. The lowest BCUT2D eigenvalue weighted by molar-refractivity contribution is -0.385. The number of amides is 1. The molecule has 1 aromatic rings. The molecule has 25 heavy (non-hydrogen) atoms. The summed E-state index contributed by atoms with van der Waals surface area (Å²) in [5.74, 6) is -0.738. The Hall–Kier alpha value is -2.42. The molecule has 1 saturated heterocycles. The molecule has 1 aromatic carbocycles. The second-order valence-corrected chi connectivity index (χ2v) is 6.85. The van der Waals surface area contributed by atoms with E-state index in [1.807, 2.05) is 0 Å². The van der Waals surface area contributed by atoms with Gasteiger partial charge in [-0.15, -0.1) is 0 Å². The van der Waals surface area contributed by atoms with Crippen molar-refractivity contribution in [1.29, 1.82) is 0 Å². The monoisotopic (exact) mass is 355 g/mol. The maximum absolute atomic E-state index is 14.2. The van der Waals surface area contributed by atoms with E-state index in [4.69, 9.17) is 4.74 Å². The molecule has 0 aliphatic carbocycles. The number of ether oxygens (including phenoxy) is 1. The normalized spacial score (nSPS) is 18.2. The van der Waals surface area contributed by atoms with Gasteiger partial charge in [0, 0.05) is 25.7 Å². The van der Waals surface area contributed by atoms with Crippen molar-refractivity contribution in [2.24, 2.45) is 0 Å². The fourth-order valence-electron chi connectivity index (χ4n) is 2.66. The summed E-state index contributed by atoms with van der Waals surface area (Å²) in [7, 11) is 0. The second kappa shape index (κ2) is 7.22. The Morgan fingerprint density at radius 1 is 1.44 bits per heavy atom. The van der Waals surface area contributed by atoms with Crippen LogP contribution in [-0.4, -0.2) is 58.9 Å². The van der Waals surface area contributed by atoms with E-state index < -0.39 is 28.5 Å². The lowest BCUT2D eigenvalue weighted by Gasteiger charge is -2.42. The predicted molar refractivity (Wildman–Crippen MR) is 89.1 cm³/mol. The summed E-state index contributed by atoms with van der Waals surface area (Å²) in [4.78, 5) is 25.3. The van der Waals surface area contributed by atoms with Gasteiger partial charge in [-0.2, -0.15) is 0 Å². The minimum Gasteiger partial charge on any atom is -0.444 e. The van der Waals surface area contributed by atoms with E-state index in [9.17, 15) is 24.4 Å². The van der Waals surface area contributed by atoms with Crippen molar-refractivity contribution in [3.05, 3.63) is 34.1 Å². The summed E-state index contributed by atoms with van der Waals surface area (Å²) in [6.45, 7) is 5.73. The van der Waals surface area contributed by atoms with Crippen LogP contribution in [0.4, 0.5) is 20.6 Å². The molecule has 0 saturated carbocycles. The zero-order chi connectivity index (χ0) is 18.8. The van der Waals surface area contributed by atoms with Gasteiger partial charge >= 0.3 is 6.09 Å². The van der Waals surface area contributed by atoms with Crippen LogP contribution >= 0.6 is 0 Å². The van der Waals surface area contributed by atoms with Gasteiger partial charge in [0.25, 0.3) is 5.69 Å². The first-order valence-electron chi connectivity index (χ1n) is 7.91. The van der Waals surface area contributed by atoms with Gasteiger partial charge < -0.3 is 19.6 Å². The summed E-state index contributed by atoms with van der Waals surface area (Å²) in [6.07, 6.45) is -0.491. The number of carbonyl (C=O) groups is 1.